The van der Waals surface area contributed by atoms with E-state index in [9.17, 15) is 0 Å². The van der Waals surface area contributed by atoms with Crippen LogP contribution in [0.25, 0.3) is 33.9 Å². The molecule has 0 amide bonds. The number of benzene rings is 4. The van der Waals surface area contributed by atoms with Crippen molar-refractivity contribution in [1.29, 1.82) is 0 Å². The molecular weight excluding hydrogens is 593 g/mol. The number of hydrogen-bond donors (Lipinski definition) is 0. The molecule has 248 valence electrons. The summed E-state index contributed by atoms with van der Waals surface area (Å²) < 4.78 is 0. The van der Waals surface area contributed by atoms with Gasteiger partial charge in [0.15, 0.2) is 0 Å². The summed E-state index contributed by atoms with van der Waals surface area (Å²) in [5.74, 6) is 0.482. The van der Waals surface area contributed by atoms with Gasteiger partial charge in [0.25, 0.3) is 0 Å². The molecule has 48 heavy (non-hydrogen) atoms. The molecule has 0 spiro atoms. The quantitative estimate of drug-likeness (QED) is 0.138. The molecule has 1 heteroatoms. The SMILES string of the molecule is C=CCC1=C(C)C([Si](C)(C)C2C(C(C)C)=Cc3c(-c4ccc(C(C)(C)C)cc4)cccc32)c2cccc(-c3ccc(C(C)(C)C)cc3)c21. The molecule has 0 saturated carbocycles. The highest BCUT2D eigenvalue weighted by Crippen LogP contribution is 2.57. The zero-order valence-corrected chi connectivity index (χ0v) is 32.4. The van der Waals surface area contributed by atoms with Crippen LogP contribution in [0.3, 0.4) is 0 Å². The van der Waals surface area contributed by atoms with Crippen molar-refractivity contribution in [2.75, 3.05) is 0 Å². The van der Waals surface area contributed by atoms with Crippen LogP contribution in [0.4, 0.5) is 0 Å². The molecule has 0 bridgehead atoms. The Morgan fingerprint density at radius 3 is 1.69 bits per heavy atom. The molecule has 0 N–H and O–H groups in total. The highest BCUT2D eigenvalue weighted by Gasteiger charge is 2.49. The summed E-state index contributed by atoms with van der Waals surface area (Å²) >= 11 is 0. The van der Waals surface area contributed by atoms with Crippen LogP contribution in [-0.4, -0.2) is 8.07 Å². The second kappa shape index (κ2) is 12.3. The minimum Gasteiger partial charge on any atom is -0.103 e. The molecule has 0 aliphatic heterocycles. The van der Waals surface area contributed by atoms with E-state index in [2.05, 4.69) is 179 Å². The predicted octanol–water partition coefficient (Wildman–Crippen LogP) is 13.7. The molecule has 0 heterocycles. The fourth-order valence-corrected chi connectivity index (χ4v) is 13.8. The standard InChI is InChI=1S/C47H56Si/c1-13-16-36-31(4)44(40-20-15-18-38(43(36)40)33-23-27-35(28-24-33)47(8,9)10)48(11,12)45-39-19-14-17-37(42(39)29-41(45)30(2)3)32-21-25-34(26-22-32)46(5,6)7/h13-15,17-30,44-45H,1,16H2,2-12H3. The second-order valence-electron chi connectivity index (χ2n) is 17.4. The third kappa shape index (κ3) is 5.83. The van der Waals surface area contributed by atoms with Crippen molar-refractivity contribution in [3.63, 3.8) is 0 Å². The van der Waals surface area contributed by atoms with Gasteiger partial charge in [-0.25, -0.2) is 0 Å². The predicted molar refractivity (Wildman–Crippen MR) is 214 cm³/mol. The molecule has 0 nitrogen and oxygen atoms in total. The molecule has 4 aromatic rings. The molecule has 0 saturated heterocycles. The molecule has 0 aromatic heterocycles. The third-order valence-electron chi connectivity index (χ3n) is 11.3. The van der Waals surface area contributed by atoms with Gasteiger partial charge in [-0.2, -0.15) is 0 Å². The summed E-state index contributed by atoms with van der Waals surface area (Å²) in [6, 6.07) is 32.9. The molecule has 2 aliphatic rings. The minimum absolute atomic E-state index is 0.136. The average Bonchev–Trinajstić information content (AvgIpc) is 3.57. The summed E-state index contributed by atoms with van der Waals surface area (Å²) in [6.07, 6.45) is 5.60. The Labute approximate surface area is 292 Å². The lowest BCUT2D eigenvalue weighted by atomic mass is 9.85. The number of fused-ring (bicyclic) bond motifs is 2. The Morgan fingerprint density at radius 1 is 0.688 bits per heavy atom. The van der Waals surface area contributed by atoms with Crippen molar-refractivity contribution in [3.8, 4) is 22.3 Å². The topological polar surface area (TPSA) is 0 Å². The van der Waals surface area contributed by atoms with Crippen molar-refractivity contribution >= 4 is 19.7 Å². The highest BCUT2D eigenvalue weighted by atomic mass is 28.3. The van der Waals surface area contributed by atoms with Crippen LogP contribution in [-0.2, 0) is 10.8 Å². The van der Waals surface area contributed by atoms with Crippen molar-refractivity contribution in [2.24, 2.45) is 5.92 Å². The Hall–Kier alpha value is -3.68. The first kappa shape index (κ1) is 34.2. The maximum atomic E-state index is 4.23. The molecule has 2 atom stereocenters. The largest absolute Gasteiger partial charge is 0.103 e. The van der Waals surface area contributed by atoms with Gasteiger partial charge in [0.05, 0.1) is 8.07 Å². The molecule has 2 unspecified atom stereocenters. The number of hydrogen-bond acceptors (Lipinski definition) is 0. The first-order valence-corrected chi connectivity index (χ1v) is 21.2. The summed E-state index contributed by atoms with van der Waals surface area (Å²) in [7, 11) is -2.08. The van der Waals surface area contributed by atoms with Gasteiger partial charge in [0, 0.05) is 11.1 Å². The van der Waals surface area contributed by atoms with Gasteiger partial charge in [-0.3, -0.25) is 0 Å². The molecule has 0 fully saturated rings. The monoisotopic (exact) mass is 648 g/mol. The van der Waals surface area contributed by atoms with E-state index in [-0.39, 0.29) is 10.8 Å². The van der Waals surface area contributed by atoms with Crippen LogP contribution >= 0.6 is 0 Å². The summed E-state index contributed by atoms with van der Waals surface area (Å²) in [5.41, 5.74) is 19.9. The maximum Gasteiger partial charge on any atom is 0.0722 e. The Kier molecular flexibility index (Phi) is 8.78. The van der Waals surface area contributed by atoms with E-state index >= 15 is 0 Å². The van der Waals surface area contributed by atoms with Crippen LogP contribution in [0.15, 0.2) is 109 Å². The normalized spacial score (nSPS) is 17.9. The maximum absolute atomic E-state index is 4.23. The van der Waals surface area contributed by atoms with E-state index in [1.54, 1.807) is 11.1 Å². The lowest BCUT2D eigenvalue weighted by molar-refractivity contribution is 0.590. The van der Waals surface area contributed by atoms with E-state index in [1.165, 1.54) is 61.2 Å². The summed E-state index contributed by atoms with van der Waals surface area (Å²) in [6.45, 7) is 30.6. The van der Waals surface area contributed by atoms with Crippen molar-refractivity contribution in [2.45, 2.75) is 104 Å². The molecule has 2 aliphatic carbocycles. The smallest absolute Gasteiger partial charge is 0.0722 e. The van der Waals surface area contributed by atoms with Crippen molar-refractivity contribution in [3.05, 3.63) is 142 Å². The van der Waals surface area contributed by atoms with Gasteiger partial charge in [-0.05, 0) is 91.3 Å². The van der Waals surface area contributed by atoms with Gasteiger partial charge in [0.2, 0.25) is 0 Å². The van der Waals surface area contributed by atoms with Crippen LogP contribution < -0.4 is 0 Å². The van der Waals surface area contributed by atoms with E-state index < -0.39 is 8.07 Å². The van der Waals surface area contributed by atoms with E-state index in [0.717, 1.165) is 6.42 Å². The number of rotatable bonds is 7. The molecule has 0 radical (unpaired) electrons. The molecule has 6 rings (SSSR count). The zero-order chi connectivity index (χ0) is 34.8. The molecule has 4 aromatic carbocycles. The lowest BCUT2D eigenvalue weighted by Gasteiger charge is -2.40. The first-order valence-electron chi connectivity index (χ1n) is 18.1. The summed E-state index contributed by atoms with van der Waals surface area (Å²) in [5, 5.41) is 0. The Balaban J connectivity index is 1.48. The van der Waals surface area contributed by atoms with Crippen LogP contribution in [0.2, 0.25) is 13.1 Å². The zero-order valence-electron chi connectivity index (χ0n) is 31.4. The van der Waals surface area contributed by atoms with E-state index in [4.69, 9.17) is 0 Å². The van der Waals surface area contributed by atoms with E-state index in [1.807, 2.05) is 0 Å². The summed E-state index contributed by atoms with van der Waals surface area (Å²) in [4.78, 5) is 0. The Morgan fingerprint density at radius 2 is 1.19 bits per heavy atom. The third-order valence-corrected chi connectivity index (χ3v) is 15.7. The average molecular weight is 649 g/mol. The highest BCUT2D eigenvalue weighted by molar-refractivity contribution is 6.82. The van der Waals surface area contributed by atoms with Crippen molar-refractivity contribution < 1.29 is 0 Å². The van der Waals surface area contributed by atoms with Gasteiger partial charge in [-0.1, -0.05) is 177 Å². The van der Waals surface area contributed by atoms with E-state index in [0.29, 0.717) is 17.0 Å². The van der Waals surface area contributed by atoms with Gasteiger partial charge < -0.3 is 0 Å². The van der Waals surface area contributed by atoms with Crippen molar-refractivity contribution in [1.82, 2.24) is 0 Å². The molecular formula is C47H56Si. The fraction of sp³-hybridized carbons (Fsp3) is 0.362. The van der Waals surface area contributed by atoms with Gasteiger partial charge >= 0.3 is 0 Å². The minimum atomic E-state index is -2.08. The van der Waals surface area contributed by atoms with Crippen LogP contribution in [0.5, 0.6) is 0 Å². The second-order valence-corrected chi connectivity index (χ2v) is 22.2. The first-order chi connectivity index (χ1) is 22.6. The fourth-order valence-electron chi connectivity index (χ4n) is 8.83. The number of allylic oxidation sites excluding steroid dienone is 4. The lowest BCUT2D eigenvalue weighted by Crippen LogP contribution is -2.43. The van der Waals surface area contributed by atoms with Gasteiger partial charge in [-0.15, -0.1) is 6.58 Å². The van der Waals surface area contributed by atoms with Crippen LogP contribution in [0.1, 0.15) is 113 Å². The van der Waals surface area contributed by atoms with Gasteiger partial charge in [0.1, 0.15) is 0 Å². The Bertz CT molecular complexity index is 1910. The van der Waals surface area contributed by atoms with Crippen LogP contribution in [0, 0.1) is 5.92 Å².